The first kappa shape index (κ1) is 17.7. The fourth-order valence-electron chi connectivity index (χ4n) is 3.13. The summed E-state index contributed by atoms with van der Waals surface area (Å²) in [5.41, 5.74) is 3.33. The first-order chi connectivity index (χ1) is 12.5. The number of fused-ring (bicyclic) bond motifs is 1. The predicted molar refractivity (Wildman–Crippen MR) is 101 cm³/mol. The average Bonchev–Trinajstić information content (AvgIpc) is 3.04. The van der Waals surface area contributed by atoms with Crippen LogP contribution < -0.4 is 15.1 Å². The van der Waals surface area contributed by atoms with Gasteiger partial charge in [-0.1, -0.05) is 18.2 Å². The highest BCUT2D eigenvalue weighted by Gasteiger charge is 2.26. The molecule has 6 nitrogen and oxygen atoms in total. The average molecular weight is 351 g/mol. The third-order valence-corrected chi connectivity index (χ3v) is 4.36. The van der Waals surface area contributed by atoms with E-state index in [-0.39, 0.29) is 24.3 Å². The van der Waals surface area contributed by atoms with Crippen LogP contribution in [0.3, 0.4) is 0 Å². The Balaban J connectivity index is 1.76. The second kappa shape index (κ2) is 7.39. The minimum atomic E-state index is -0.210. The van der Waals surface area contributed by atoms with Crippen LogP contribution in [0.2, 0.25) is 0 Å². The zero-order chi connectivity index (χ0) is 18.7. The third-order valence-electron chi connectivity index (χ3n) is 4.36. The van der Waals surface area contributed by atoms with E-state index in [0.29, 0.717) is 17.9 Å². The Kier molecular flexibility index (Phi) is 5.02. The topological polar surface area (TPSA) is 69.7 Å². The van der Waals surface area contributed by atoms with Crippen LogP contribution in [0, 0.1) is 0 Å². The number of nitrogens with zero attached hydrogens (tertiary/aromatic N) is 2. The molecule has 3 amide bonds. The van der Waals surface area contributed by atoms with E-state index in [2.05, 4.69) is 5.32 Å². The monoisotopic (exact) mass is 351 g/mol. The third kappa shape index (κ3) is 3.74. The number of anilines is 3. The molecule has 0 saturated heterocycles. The van der Waals surface area contributed by atoms with Crippen LogP contribution in [0.25, 0.3) is 0 Å². The van der Waals surface area contributed by atoms with E-state index in [0.717, 1.165) is 17.7 Å². The van der Waals surface area contributed by atoms with Crippen molar-refractivity contribution in [2.75, 3.05) is 28.2 Å². The molecular formula is C20H21N3O3. The Morgan fingerprint density at radius 3 is 2.38 bits per heavy atom. The number of carbonyl (C=O) groups excluding carboxylic acids is 3. The summed E-state index contributed by atoms with van der Waals surface area (Å²) < 4.78 is 0. The summed E-state index contributed by atoms with van der Waals surface area (Å²) in [6, 6.07) is 14.7. The summed E-state index contributed by atoms with van der Waals surface area (Å²) in [6.45, 7) is 3.48. The van der Waals surface area contributed by atoms with Crippen LogP contribution in [-0.2, 0) is 20.8 Å². The first-order valence-corrected chi connectivity index (χ1v) is 8.50. The maximum absolute atomic E-state index is 12.8. The number of rotatable bonds is 4. The quantitative estimate of drug-likeness (QED) is 0.920. The molecule has 0 aromatic heterocycles. The van der Waals surface area contributed by atoms with E-state index in [4.69, 9.17) is 0 Å². The summed E-state index contributed by atoms with van der Waals surface area (Å²) >= 11 is 0. The summed E-state index contributed by atoms with van der Waals surface area (Å²) in [5.74, 6) is -0.488. The Morgan fingerprint density at radius 2 is 1.73 bits per heavy atom. The van der Waals surface area contributed by atoms with Crippen molar-refractivity contribution in [3.63, 3.8) is 0 Å². The van der Waals surface area contributed by atoms with Gasteiger partial charge in [0, 0.05) is 37.5 Å². The van der Waals surface area contributed by atoms with Crippen LogP contribution in [0.1, 0.15) is 19.4 Å². The van der Waals surface area contributed by atoms with Gasteiger partial charge >= 0.3 is 0 Å². The molecule has 0 radical (unpaired) electrons. The van der Waals surface area contributed by atoms with Gasteiger partial charge in [0.15, 0.2) is 0 Å². The highest BCUT2D eigenvalue weighted by Crippen LogP contribution is 2.28. The van der Waals surface area contributed by atoms with Gasteiger partial charge in [-0.2, -0.15) is 0 Å². The van der Waals surface area contributed by atoms with E-state index in [1.165, 1.54) is 18.7 Å². The molecule has 0 fully saturated rings. The highest BCUT2D eigenvalue weighted by atomic mass is 16.2. The standard InChI is InChI=1S/C20H21N3O3/c1-14(24)21-17-7-9-18(10-8-17)23(15(2)25)13-20(26)22-12-11-16-5-3-4-6-19(16)22/h3-10H,11-13H2,1-2H3,(H,21,24). The van der Waals surface area contributed by atoms with Crippen LogP contribution in [0.15, 0.2) is 48.5 Å². The first-order valence-electron chi connectivity index (χ1n) is 8.50. The van der Waals surface area contributed by atoms with Crippen molar-refractivity contribution < 1.29 is 14.4 Å². The Bertz CT molecular complexity index is 846. The van der Waals surface area contributed by atoms with Crippen molar-refractivity contribution in [3.05, 3.63) is 54.1 Å². The molecule has 2 aromatic rings. The molecule has 0 aliphatic carbocycles. The molecular weight excluding hydrogens is 330 g/mol. The lowest BCUT2D eigenvalue weighted by Gasteiger charge is -2.25. The molecule has 0 bridgehead atoms. The van der Waals surface area contributed by atoms with Crippen molar-refractivity contribution >= 4 is 34.8 Å². The molecule has 1 aliphatic heterocycles. The van der Waals surface area contributed by atoms with Gasteiger partial charge in [0.25, 0.3) is 0 Å². The maximum Gasteiger partial charge on any atom is 0.247 e. The van der Waals surface area contributed by atoms with Gasteiger partial charge in [0.05, 0.1) is 0 Å². The van der Waals surface area contributed by atoms with E-state index in [1.807, 2.05) is 24.3 Å². The van der Waals surface area contributed by atoms with E-state index >= 15 is 0 Å². The lowest BCUT2D eigenvalue weighted by atomic mass is 10.2. The number of benzene rings is 2. The molecule has 0 saturated carbocycles. The van der Waals surface area contributed by atoms with E-state index in [1.54, 1.807) is 29.2 Å². The van der Waals surface area contributed by atoms with Crippen LogP contribution in [-0.4, -0.2) is 30.8 Å². The fourth-order valence-corrected chi connectivity index (χ4v) is 3.13. The highest BCUT2D eigenvalue weighted by molar-refractivity contribution is 6.04. The molecule has 0 atom stereocenters. The van der Waals surface area contributed by atoms with Gasteiger partial charge in [0.2, 0.25) is 17.7 Å². The largest absolute Gasteiger partial charge is 0.326 e. The number of hydrogen-bond donors (Lipinski definition) is 1. The van der Waals surface area contributed by atoms with Gasteiger partial charge in [0.1, 0.15) is 6.54 Å². The molecule has 0 spiro atoms. The normalized spacial score (nSPS) is 12.5. The van der Waals surface area contributed by atoms with E-state index in [9.17, 15) is 14.4 Å². The number of hydrogen-bond acceptors (Lipinski definition) is 3. The predicted octanol–water partition coefficient (Wildman–Crippen LogP) is 2.59. The van der Waals surface area contributed by atoms with Gasteiger partial charge in [-0.15, -0.1) is 0 Å². The van der Waals surface area contributed by atoms with Crippen molar-refractivity contribution in [1.82, 2.24) is 0 Å². The molecule has 2 aromatic carbocycles. The zero-order valence-electron chi connectivity index (χ0n) is 14.9. The van der Waals surface area contributed by atoms with Gasteiger partial charge < -0.3 is 15.1 Å². The zero-order valence-corrected chi connectivity index (χ0v) is 14.9. The second-order valence-electron chi connectivity index (χ2n) is 6.26. The SMILES string of the molecule is CC(=O)Nc1ccc(N(CC(=O)N2CCc3ccccc32)C(C)=O)cc1. The summed E-state index contributed by atoms with van der Waals surface area (Å²) in [5, 5.41) is 2.68. The number of para-hydroxylation sites is 1. The smallest absolute Gasteiger partial charge is 0.247 e. The Hall–Kier alpha value is -3.15. The van der Waals surface area contributed by atoms with Crippen molar-refractivity contribution in [1.29, 1.82) is 0 Å². The Morgan fingerprint density at radius 1 is 1.04 bits per heavy atom. The lowest BCUT2D eigenvalue weighted by molar-refractivity contribution is -0.121. The lowest BCUT2D eigenvalue weighted by Crippen LogP contribution is -2.41. The van der Waals surface area contributed by atoms with Gasteiger partial charge in [-0.3, -0.25) is 14.4 Å². The van der Waals surface area contributed by atoms with Crippen molar-refractivity contribution in [2.45, 2.75) is 20.3 Å². The van der Waals surface area contributed by atoms with Crippen LogP contribution in [0.5, 0.6) is 0 Å². The molecule has 1 heterocycles. The maximum atomic E-state index is 12.8. The molecule has 1 N–H and O–H groups in total. The van der Waals surface area contributed by atoms with Gasteiger partial charge in [-0.05, 0) is 42.3 Å². The second-order valence-corrected chi connectivity index (χ2v) is 6.26. The minimum absolute atomic E-state index is 0.0247. The van der Waals surface area contributed by atoms with Crippen molar-refractivity contribution in [2.24, 2.45) is 0 Å². The fraction of sp³-hybridized carbons (Fsp3) is 0.250. The van der Waals surface area contributed by atoms with Gasteiger partial charge in [-0.25, -0.2) is 0 Å². The van der Waals surface area contributed by atoms with Crippen molar-refractivity contribution in [3.8, 4) is 0 Å². The summed E-state index contributed by atoms with van der Waals surface area (Å²) in [7, 11) is 0. The molecule has 6 heteroatoms. The number of carbonyl (C=O) groups is 3. The molecule has 1 aliphatic rings. The molecule has 3 rings (SSSR count). The molecule has 0 unspecified atom stereocenters. The summed E-state index contributed by atoms with van der Waals surface area (Å²) in [6.07, 6.45) is 0.827. The molecule has 134 valence electrons. The minimum Gasteiger partial charge on any atom is -0.326 e. The molecule has 26 heavy (non-hydrogen) atoms. The number of amides is 3. The van der Waals surface area contributed by atoms with Crippen LogP contribution >= 0.6 is 0 Å². The van der Waals surface area contributed by atoms with Crippen LogP contribution in [0.4, 0.5) is 17.1 Å². The summed E-state index contributed by atoms with van der Waals surface area (Å²) in [4.78, 5) is 39.2. The number of nitrogens with one attached hydrogen (secondary N) is 1. The Labute approximate surface area is 152 Å². The van der Waals surface area contributed by atoms with E-state index < -0.39 is 0 Å².